The summed E-state index contributed by atoms with van der Waals surface area (Å²) in [6.07, 6.45) is 0.747. The molecule has 0 amide bonds. The van der Waals surface area contributed by atoms with Crippen LogP contribution in [0.15, 0.2) is 48.5 Å². The predicted molar refractivity (Wildman–Crippen MR) is 126 cm³/mol. The normalized spacial score (nSPS) is 14.4. The predicted octanol–water partition coefficient (Wildman–Crippen LogP) is 3.84. The van der Waals surface area contributed by atoms with Gasteiger partial charge in [-0.2, -0.15) is 0 Å². The highest BCUT2D eigenvalue weighted by molar-refractivity contribution is 6.15. The summed E-state index contributed by atoms with van der Waals surface area (Å²) in [5.41, 5.74) is 2.75. The van der Waals surface area contributed by atoms with Gasteiger partial charge in [0.1, 0.15) is 5.75 Å². The van der Waals surface area contributed by atoms with Gasteiger partial charge in [0, 0.05) is 37.3 Å². The van der Waals surface area contributed by atoms with Gasteiger partial charge in [0.15, 0.2) is 11.5 Å². The van der Waals surface area contributed by atoms with Crippen LogP contribution in [0.4, 0.5) is 0 Å². The van der Waals surface area contributed by atoms with Crippen LogP contribution in [0, 0.1) is 6.92 Å². The van der Waals surface area contributed by atoms with E-state index in [0.717, 1.165) is 44.8 Å². The first-order valence-corrected chi connectivity index (χ1v) is 11.2. The van der Waals surface area contributed by atoms with Crippen LogP contribution in [0.25, 0.3) is 11.3 Å². The van der Waals surface area contributed by atoms with Gasteiger partial charge in [-0.1, -0.05) is 42.0 Å². The molecular weight excluding hydrogens is 420 g/mol. The average Bonchev–Trinajstić information content (AvgIpc) is 3.10. The summed E-state index contributed by atoms with van der Waals surface area (Å²) in [4.78, 5) is 15.8. The van der Waals surface area contributed by atoms with Crippen molar-refractivity contribution in [3.05, 3.63) is 65.2 Å². The monoisotopic (exact) mass is 450 g/mol. The molecule has 1 saturated heterocycles. The maximum absolute atomic E-state index is 13.5. The van der Waals surface area contributed by atoms with E-state index >= 15 is 0 Å². The van der Waals surface area contributed by atoms with Crippen molar-refractivity contribution in [1.82, 2.24) is 9.47 Å². The number of methoxy groups -OCH3 is 1. The van der Waals surface area contributed by atoms with Crippen molar-refractivity contribution < 1.29 is 24.5 Å². The zero-order chi connectivity index (χ0) is 23.4. The van der Waals surface area contributed by atoms with Crippen LogP contribution in [0.3, 0.4) is 0 Å². The van der Waals surface area contributed by atoms with Gasteiger partial charge >= 0.3 is 0 Å². The van der Waals surface area contributed by atoms with E-state index in [4.69, 9.17) is 9.47 Å². The smallest absolute Gasteiger partial charge is 0.235 e. The van der Waals surface area contributed by atoms with Gasteiger partial charge < -0.3 is 24.3 Å². The van der Waals surface area contributed by atoms with Crippen LogP contribution in [-0.4, -0.2) is 65.4 Å². The van der Waals surface area contributed by atoms with Gasteiger partial charge in [0.05, 0.1) is 31.6 Å². The zero-order valence-electron chi connectivity index (χ0n) is 19.1. The Kier molecular flexibility index (Phi) is 7.01. The standard InChI is InChI=1S/C26H30N2O5/c1-18-7-9-19(10-8-18)24(29)22-23(20-5-3-6-21(17-20)32-2)28(26(31)25(22)30)12-4-11-27-13-15-33-16-14-27/h3,5-10,17,30-31H,4,11-16H2,1-2H3. The Hall–Kier alpha value is -3.29. The molecule has 0 saturated carbocycles. The third-order valence-electron chi connectivity index (χ3n) is 6.05. The molecule has 0 atom stereocenters. The molecule has 7 nitrogen and oxygen atoms in total. The number of aromatic hydroxyl groups is 2. The Morgan fingerprint density at radius 2 is 1.79 bits per heavy atom. The molecule has 0 radical (unpaired) electrons. The van der Waals surface area contributed by atoms with Gasteiger partial charge in [-0.25, -0.2) is 0 Å². The summed E-state index contributed by atoms with van der Waals surface area (Å²) >= 11 is 0. The van der Waals surface area contributed by atoms with Gasteiger partial charge in [-0.15, -0.1) is 0 Å². The van der Waals surface area contributed by atoms with Crippen molar-refractivity contribution in [3.63, 3.8) is 0 Å². The van der Waals surface area contributed by atoms with Gasteiger partial charge in [0.25, 0.3) is 0 Å². The van der Waals surface area contributed by atoms with Crippen LogP contribution in [-0.2, 0) is 11.3 Å². The van der Waals surface area contributed by atoms with E-state index in [1.807, 2.05) is 37.3 Å². The van der Waals surface area contributed by atoms with Crippen LogP contribution in [0.2, 0.25) is 0 Å². The topological polar surface area (TPSA) is 84.2 Å². The van der Waals surface area contributed by atoms with E-state index in [0.29, 0.717) is 29.1 Å². The number of rotatable bonds is 8. The second-order valence-corrected chi connectivity index (χ2v) is 8.28. The quantitative estimate of drug-likeness (QED) is 0.508. The Bertz CT molecular complexity index is 1110. The highest BCUT2D eigenvalue weighted by Crippen LogP contribution is 2.42. The van der Waals surface area contributed by atoms with Crippen molar-refractivity contribution in [2.75, 3.05) is 40.0 Å². The lowest BCUT2D eigenvalue weighted by molar-refractivity contribution is 0.0369. The molecule has 0 aliphatic carbocycles. The Morgan fingerprint density at radius 1 is 1.06 bits per heavy atom. The zero-order valence-corrected chi connectivity index (χ0v) is 19.1. The molecule has 2 N–H and O–H groups in total. The van der Waals surface area contributed by atoms with Crippen LogP contribution < -0.4 is 4.74 Å². The van der Waals surface area contributed by atoms with Crippen molar-refractivity contribution in [3.8, 4) is 28.6 Å². The number of carbonyl (C=O) groups is 1. The molecule has 1 fully saturated rings. The summed E-state index contributed by atoms with van der Waals surface area (Å²) in [5, 5.41) is 21.7. The third-order valence-corrected chi connectivity index (χ3v) is 6.05. The van der Waals surface area contributed by atoms with Crippen molar-refractivity contribution in [1.29, 1.82) is 0 Å². The fourth-order valence-electron chi connectivity index (χ4n) is 4.22. The fourth-order valence-corrected chi connectivity index (χ4v) is 4.22. The van der Waals surface area contributed by atoms with Crippen LogP contribution in [0.1, 0.15) is 27.9 Å². The lowest BCUT2D eigenvalue weighted by atomic mass is 9.98. The summed E-state index contributed by atoms with van der Waals surface area (Å²) in [6, 6.07) is 14.5. The summed E-state index contributed by atoms with van der Waals surface area (Å²) < 4.78 is 12.4. The minimum Gasteiger partial charge on any atom is -0.503 e. The first kappa shape index (κ1) is 22.9. The van der Waals surface area contributed by atoms with Gasteiger partial charge in [0.2, 0.25) is 5.88 Å². The first-order chi connectivity index (χ1) is 16.0. The molecule has 174 valence electrons. The largest absolute Gasteiger partial charge is 0.503 e. The molecule has 0 spiro atoms. The van der Waals surface area contributed by atoms with Gasteiger partial charge in [-0.3, -0.25) is 9.69 Å². The second kappa shape index (κ2) is 10.1. The number of morpholine rings is 1. The number of ether oxygens (including phenoxy) is 2. The number of ketones is 1. The molecule has 4 rings (SSSR count). The van der Waals surface area contributed by atoms with E-state index in [-0.39, 0.29) is 17.2 Å². The molecule has 7 heteroatoms. The fraction of sp³-hybridized carbons (Fsp3) is 0.346. The highest BCUT2D eigenvalue weighted by Gasteiger charge is 2.29. The van der Waals surface area contributed by atoms with Gasteiger partial charge in [-0.05, 0) is 25.5 Å². The first-order valence-electron chi connectivity index (χ1n) is 11.2. The van der Waals surface area contributed by atoms with Crippen molar-refractivity contribution in [2.45, 2.75) is 19.9 Å². The Morgan fingerprint density at radius 3 is 2.48 bits per heavy atom. The Labute approximate surface area is 193 Å². The van der Waals surface area contributed by atoms with Crippen molar-refractivity contribution >= 4 is 5.78 Å². The maximum atomic E-state index is 13.5. The number of hydrogen-bond acceptors (Lipinski definition) is 6. The summed E-state index contributed by atoms with van der Waals surface area (Å²) in [7, 11) is 1.58. The molecule has 2 aromatic carbocycles. The van der Waals surface area contributed by atoms with E-state index in [9.17, 15) is 15.0 Å². The summed E-state index contributed by atoms with van der Waals surface area (Å²) in [6.45, 7) is 6.43. The number of benzene rings is 2. The average molecular weight is 451 g/mol. The molecule has 33 heavy (non-hydrogen) atoms. The molecule has 1 aliphatic heterocycles. The van der Waals surface area contributed by atoms with E-state index < -0.39 is 5.75 Å². The van der Waals surface area contributed by atoms with Crippen LogP contribution >= 0.6 is 0 Å². The van der Waals surface area contributed by atoms with E-state index in [1.54, 1.807) is 29.9 Å². The highest BCUT2D eigenvalue weighted by atomic mass is 16.5. The second-order valence-electron chi connectivity index (χ2n) is 8.28. The van der Waals surface area contributed by atoms with Crippen molar-refractivity contribution in [2.24, 2.45) is 0 Å². The molecule has 1 aromatic heterocycles. The number of aromatic nitrogens is 1. The molecule has 0 bridgehead atoms. The van der Waals surface area contributed by atoms with E-state index in [2.05, 4.69) is 4.90 Å². The third kappa shape index (κ3) is 4.89. The molecule has 2 heterocycles. The summed E-state index contributed by atoms with van der Waals surface area (Å²) in [5.74, 6) is -0.413. The molecule has 1 aliphatic rings. The lowest BCUT2D eigenvalue weighted by Crippen LogP contribution is -2.37. The molecule has 3 aromatic rings. The minimum absolute atomic E-state index is 0.0935. The maximum Gasteiger partial charge on any atom is 0.235 e. The van der Waals surface area contributed by atoms with E-state index in [1.165, 1.54) is 0 Å². The number of nitrogens with zero attached hydrogens (tertiary/aromatic N) is 2. The minimum atomic E-state index is -0.398. The SMILES string of the molecule is COc1cccc(-c2c(C(=O)c3ccc(C)cc3)c(O)c(O)n2CCCN2CCOCC2)c1. The Balaban J connectivity index is 1.74. The lowest BCUT2D eigenvalue weighted by Gasteiger charge is -2.26. The molecule has 0 unspecified atom stereocenters. The van der Waals surface area contributed by atoms with Crippen LogP contribution in [0.5, 0.6) is 17.4 Å². The number of hydrogen-bond donors (Lipinski definition) is 2. The number of aryl methyl sites for hydroxylation is 1. The molecular formula is C26H30N2O5. The number of carbonyl (C=O) groups excluding carboxylic acids is 1.